The van der Waals surface area contributed by atoms with E-state index >= 15 is 0 Å². The van der Waals surface area contributed by atoms with Gasteiger partial charge in [0.1, 0.15) is 11.9 Å². The molecule has 0 radical (unpaired) electrons. The zero-order valence-corrected chi connectivity index (χ0v) is 16.4. The molecule has 6 heteroatoms. The third kappa shape index (κ3) is 3.09. The number of carbonyl (C=O) groups is 1. The molecule has 1 aromatic carbocycles. The second-order valence-electron chi connectivity index (χ2n) is 8.48. The SMILES string of the molecule is O=C(C1CCCc2nn(Cc3ccc4c(c3)CCCC4)c(=O)n21)N1CCCC1. The highest BCUT2D eigenvalue weighted by Crippen LogP contribution is 2.26. The molecule has 2 aromatic rings. The summed E-state index contributed by atoms with van der Waals surface area (Å²) in [6.45, 7) is 2.13. The van der Waals surface area contributed by atoms with Crippen LogP contribution < -0.4 is 5.69 Å². The number of benzene rings is 1. The highest BCUT2D eigenvalue weighted by molar-refractivity contribution is 5.80. The van der Waals surface area contributed by atoms with Crippen molar-refractivity contribution in [3.05, 3.63) is 51.2 Å². The molecule has 148 valence electrons. The first-order valence-electron chi connectivity index (χ1n) is 10.8. The van der Waals surface area contributed by atoms with E-state index in [-0.39, 0.29) is 17.6 Å². The first kappa shape index (κ1) is 17.7. The van der Waals surface area contributed by atoms with Crippen LogP contribution in [-0.2, 0) is 30.6 Å². The van der Waals surface area contributed by atoms with Gasteiger partial charge in [-0.15, -0.1) is 0 Å². The van der Waals surface area contributed by atoms with Crippen molar-refractivity contribution < 1.29 is 4.79 Å². The van der Waals surface area contributed by atoms with Crippen LogP contribution in [0.5, 0.6) is 0 Å². The first-order chi connectivity index (χ1) is 13.7. The minimum absolute atomic E-state index is 0.105. The van der Waals surface area contributed by atoms with Crippen molar-refractivity contribution in [3.8, 4) is 0 Å². The average molecular weight is 380 g/mol. The lowest BCUT2D eigenvalue weighted by Crippen LogP contribution is -2.41. The number of hydrogen-bond acceptors (Lipinski definition) is 3. The van der Waals surface area contributed by atoms with Gasteiger partial charge in [-0.1, -0.05) is 18.2 Å². The predicted molar refractivity (Wildman–Crippen MR) is 106 cm³/mol. The Morgan fingerprint density at radius 2 is 1.79 bits per heavy atom. The molecule has 1 unspecified atom stereocenters. The maximum atomic E-state index is 13.1. The van der Waals surface area contributed by atoms with E-state index in [2.05, 4.69) is 23.3 Å². The molecule has 3 heterocycles. The van der Waals surface area contributed by atoms with Crippen molar-refractivity contribution >= 4 is 5.91 Å². The molecule has 6 nitrogen and oxygen atoms in total. The highest BCUT2D eigenvalue weighted by atomic mass is 16.2. The van der Waals surface area contributed by atoms with Gasteiger partial charge in [0.25, 0.3) is 0 Å². The summed E-state index contributed by atoms with van der Waals surface area (Å²) in [5.41, 5.74) is 3.86. The van der Waals surface area contributed by atoms with E-state index in [1.807, 2.05) is 4.90 Å². The largest absolute Gasteiger partial charge is 0.346 e. The zero-order chi connectivity index (χ0) is 19.1. The van der Waals surface area contributed by atoms with Gasteiger partial charge in [0.05, 0.1) is 6.54 Å². The Balaban J connectivity index is 1.43. The number of hydrogen-bond donors (Lipinski definition) is 0. The molecule has 1 aliphatic carbocycles. The van der Waals surface area contributed by atoms with Crippen LogP contribution in [0.15, 0.2) is 23.0 Å². The summed E-state index contributed by atoms with van der Waals surface area (Å²) in [5.74, 6) is 0.876. The molecule has 0 N–H and O–H groups in total. The number of amides is 1. The molecular formula is C22H28N4O2. The van der Waals surface area contributed by atoms with Crippen LogP contribution in [0.2, 0.25) is 0 Å². The molecule has 2 aliphatic heterocycles. The van der Waals surface area contributed by atoms with Crippen LogP contribution in [0.1, 0.15) is 67.1 Å². The van der Waals surface area contributed by atoms with Gasteiger partial charge in [0.2, 0.25) is 5.91 Å². The summed E-state index contributed by atoms with van der Waals surface area (Å²) >= 11 is 0. The molecule has 3 aliphatic rings. The van der Waals surface area contributed by atoms with Crippen LogP contribution in [0.25, 0.3) is 0 Å². The quantitative estimate of drug-likeness (QED) is 0.822. The van der Waals surface area contributed by atoms with Crippen molar-refractivity contribution in [1.82, 2.24) is 19.2 Å². The lowest BCUT2D eigenvalue weighted by molar-refractivity contribution is -0.134. The van der Waals surface area contributed by atoms with Crippen LogP contribution in [0.4, 0.5) is 0 Å². The number of aryl methyl sites for hydroxylation is 3. The third-order valence-electron chi connectivity index (χ3n) is 6.58. The molecule has 0 bridgehead atoms. The summed E-state index contributed by atoms with van der Waals surface area (Å²) in [6, 6.07) is 6.21. The third-order valence-corrected chi connectivity index (χ3v) is 6.58. The van der Waals surface area contributed by atoms with Gasteiger partial charge >= 0.3 is 5.69 Å². The van der Waals surface area contributed by atoms with E-state index in [4.69, 9.17) is 0 Å². The van der Waals surface area contributed by atoms with Crippen molar-refractivity contribution in [2.75, 3.05) is 13.1 Å². The Kier molecular flexibility index (Phi) is 4.57. The Labute approximate surface area is 165 Å². The number of carbonyl (C=O) groups excluding carboxylic acids is 1. The van der Waals surface area contributed by atoms with Crippen LogP contribution in [0.3, 0.4) is 0 Å². The Morgan fingerprint density at radius 1 is 1.00 bits per heavy atom. The maximum absolute atomic E-state index is 13.1. The van der Waals surface area contributed by atoms with Gasteiger partial charge in [-0.3, -0.25) is 9.36 Å². The monoisotopic (exact) mass is 380 g/mol. The van der Waals surface area contributed by atoms with Gasteiger partial charge in [-0.2, -0.15) is 5.10 Å². The van der Waals surface area contributed by atoms with Crippen molar-refractivity contribution in [1.29, 1.82) is 0 Å². The van der Waals surface area contributed by atoms with Gasteiger partial charge in [-0.25, -0.2) is 9.48 Å². The maximum Gasteiger partial charge on any atom is 0.346 e. The molecule has 1 amide bonds. The van der Waals surface area contributed by atoms with E-state index < -0.39 is 0 Å². The predicted octanol–water partition coefficient (Wildman–Crippen LogP) is 2.47. The van der Waals surface area contributed by atoms with Crippen molar-refractivity contribution in [3.63, 3.8) is 0 Å². The molecule has 5 rings (SSSR count). The van der Waals surface area contributed by atoms with E-state index in [9.17, 15) is 9.59 Å². The minimum atomic E-state index is -0.369. The minimum Gasteiger partial charge on any atom is -0.341 e. The molecule has 0 saturated carbocycles. The molecule has 0 spiro atoms. The van der Waals surface area contributed by atoms with Crippen molar-refractivity contribution in [2.24, 2.45) is 0 Å². The fourth-order valence-corrected chi connectivity index (χ4v) is 5.07. The topological polar surface area (TPSA) is 60.1 Å². The Bertz CT molecular complexity index is 952. The number of nitrogens with zero attached hydrogens (tertiary/aromatic N) is 4. The molecular weight excluding hydrogens is 352 g/mol. The number of fused-ring (bicyclic) bond motifs is 2. The smallest absolute Gasteiger partial charge is 0.341 e. The normalized spacial score (nSPS) is 21.4. The summed E-state index contributed by atoms with van der Waals surface area (Å²) in [4.78, 5) is 28.0. The van der Waals surface area contributed by atoms with Crippen LogP contribution in [0, 0.1) is 0 Å². The molecule has 1 aromatic heterocycles. The van der Waals surface area contributed by atoms with E-state index in [1.165, 1.54) is 24.0 Å². The van der Waals surface area contributed by atoms with Gasteiger partial charge in [-0.05, 0) is 68.1 Å². The molecule has 1 saturated heterocycles. The summed E-state index contributed by atoms with van der Waals surface area (Å²) in [6.07, 6.45) is 9.37. The lowest BCUT2D eigenvalue weighted by atomic mass is 9.90. The van der Waals surface area contributed by atoms with E-state index in [0.29, 0.717) is 6.54 Å². The second-order valence-corrected chi connectivity index (χ2v) is 8.48. The van der Waals surface area contributed by atoms with Crippen LogP contribution in [-0.4, -0.2) is 38.2 Å². The number of likely N-dealkylation sites (tertiary alicyclic amines) is 1. The number of aromatic nitrogens is 3. The Morgan fingerprint density at radius 3 is 2.61 bits per heavy atom. The van der Waals surface area contributed by atoms with Gasteiger partial charge in [0, 0.05) is 19.5 Å². The van der Waals surface area contributed by atoms with E-state index in [0.717, 1.165) is 69.4 Å². The lowest BCUT2D eigenvalue weighted by Gasteiger charge is -2.27. The molecule has 1 fully saturated rings. The molecule has 28 heavy (non-hydrogen) atoms. The number of rotatable bonds is 3. The average Bonchev–Trinajstić information content (AvgIpc) is 3.36. The van der Waals surface area contributed by atoms with Gasteiger partial charge in [0.15, 0.2) is 0 Å². The van der Waals surface area contributed by atoms with Crippen molar-refractivity contribution in [2.45, 2.75) is 70.4 Å². The van der Waals surface area contributed by atoms with Crippen LogP contribution >= 0.6 is 0 Å². The summed E-state index contributed by atoms with van der Waals surface area (Å²) < 4.78 is 3.25. The Hall–Kier alpha value is -2.37. The highest BCUT2D eigenvalue weighted by Gasteiger charge is 2.34. The molecule has 1 atom stereocenters. The van der Waals surface area contributed by atoms with Gasteiger partial charge < -0.3 is 4.90 Å². The zero-order valence-electron chi connectivity index (χ0n) is 16.4. The van der Waals surface area contributed by atoms with E-state index in [1.54, 1.807) is 9.25 Å². The first-order valence-corrected chi connectivity index (χ1v) is 10.8. The summed E-state index contributed by atoms with van der Waals surface area (Å²) in [7, 11) is 0. The standard InChI is InChI=1S/C22H28N4O2/c27-21(24-12-3-4-13-24)19-8-5-9-20-23-25(22(28)26(19)20)15-16-10-11-17-6-1-2-7-18(17)14-16/h10-11,14,19H,1-9,12-13,15H2. The fourth-order valence-electron chi connectivity index (χ4n) is 5.07. The fraction of sp³-hybridized carbons (Fsp3) is 0.591. The summed E-state index contributed by atoms with van der Waals surface area (Å²) in [5, 5.41) is 4.61. The second kappa shape index (κ2) is 7.22.